The van der Waals surface area contributed by atoms with Gasteiger partial charge in [0.15, 0.2) is 0 Å². The van der Waals surface area contributed by atoms with Crippen molar-refractivity contribution in [2.75, 3.05) is 0 Å². The van der Waals surface area contributed by atoms with Gasteiger partial charge >= 0.3 is 6.03 Å². The van der Waals surface area contributed by atoms with Crippen LogP contribution < -0.4 is 11.3 Å². The first-order valence-corrected chi connectivity index (χ1v) is 9.04. The summed E-state index contributed by atoms with van der Waals surface area (Å²) < 4.78 is 2.19. The number of hydrogen-bond donors (Lipinski definition) is 2. The van der Waals surface area contributed by atoms with Crippen molar-refractivity contribution in [1.82, 2.24) is 20.3 Å². The number of hydroxylamine groups is 2. The number of aromatic nitrogens is 2. The maximum absolute atomic E-state index is 12.0. The maximum Gasteiger partial charge on any atom is 0.356 e. The number of nitrogens with one attached hydrogen (secondary N) is 1. The van der Waals surface area contributed by atoms with E-state index in [1.54, 1.807) is 0 Å². The minimum atomic E-state index is -0.421. The second kappa shape index (κ2) is 6.31. The van der Waals surface area contributed by atoms with Crippen molar-refractivity contribution in [3.05, 3.63) is 29.5 Å². The Balaban J connectivity index is 1.75. The Kier molecular flexibility index (Phi) is 4.13. The fourth-order valence-electron chi connectivity index (χ4n) is 4.19. The monoisotopic (exact) mass is 343 g/mol. The lowest BCUT2D eigenvalue weighted by Gasteiger charge is -2.22. The Bertz CT molecular complexity index is 796. The smallest absolute Gasteiger partial charge is 0.274 e. The number of hydrazine groups is 1. The molecule has 2 atom stereocenters. The highest BCUT2D eigenvalue weighted by Gasteiger charge is 2.36. The lowest BCUT2D eigenvalue weighted by molar-refractivity contribution is -0.117. The highest BCUT2D eigenvalue weighted by Crippen LogP contribution is 2.37. The van der Waals surface area contributed by atoms with Gasteiger partial charge in [0, 0.05) is 11.8 Å². The van der Waals surface area contributed by atoms with E-state index in [4.69, 9.17) is 15.8 Å². The molecule has 2 aromatic rings. The number of nitrogens with two attached hydrogens (primary N) is 1. The summed E-state index contributed by atoms with van der Waals surface area (Å²) in [6, 6.07) is 6.26. The number of rotatable bonds is 2. The molecular weight excluding hydrogens is 318 g/mol. The third-order valence-electron chi connectivity index (χ3n) is 5.43. The van der Waals surface area contributed by atoms with E-state index in [1.807, 2.05) is 6.92 Å². The van der Waals surface area contributed by atoms with Gasteiger partial charge in [-0.1, -0.05) is 25.0 Å². The molecule has 1 aliphatic heterocycles. The molecule has 7 nitrogen and oxygen atoms in total. The molecule has 0 radical (unpaired) electrons. The highest BCUT2D eigenvalue weighted by atomic mass is 16.7. The molecule has 0 bridgehead atoms. The summed E-state index contributed by atoms with van der Waals surface area (Å²) in [5, 5.41) is 7.33. The standard InChI is InChI=1S/C18H25N5O2/c1-11-9-16(23(25-11)18(24)20-19)13-7-8-15-12(2)21-22(17(15)10-13)14-5-3-4-6-14/h7-8,10-11,14,16H,3-6,9,19H2,1-2H3,(H,20,24). The van der Waals surface area contributed by atoms with Crippen LogP contribution >= 0.6 is 0 Å². The molecule has 0 spiro atoms. The molecule has 2 amide bonds. The fourth-order valence-corrected chi connectivity index (χ4v) is 4.19. The van der Waals surface area contributed by atoms with Crippen LogP contribution in [-0.2, 0) is 4.84 Å². The van der Waals surface area contributed by atoms with E-state index in [9.17, 15) is 4.79 Å². The second-order valence-corrected chi connectivity index (χ2v) is 7.19. The van der Waals surface area contributed by atoms with Crippen LogP contribution in [0, 0.1) is 6.92 Å². The Hall–Kier alpha value is -2.12. The van der Waals surface area contributed by atoms with Crippen molar-refractivity contribution in [3.8, 4) is 0 Å². The Labute approximate surface area is 147 Å². The third-order valence-corrected chi connectivity index (χ3v) is 5.43. The van der Waals surface area contributed by atoms with Crippen LogP contribution in [-0.4, -0.2) is 27.0 Å². The van der Waals surface area contributed by atoms with Gasteiger partial charge in [-0.25, -0.2) is 10.6 Å². The Morgan fingerprint density at radius 3 is 2.84 bits per heavy atom. The van der Waals surface area contributed by atoms with Crippen molar-refractivity contribution in [3.63, 3.8) is 0 Å². The number of urea groups is 1. The zero-order valence-corrected chi connectivity index (χ0v) is 14.7. The summed E-state index contributed by atoms with van der Waals surface area (Å²) in [6.45, 7) is 4.02. The number of amides is 2. The van der Waals surface area contributed by atoms with Crippen LogP contribution in [0.4, 0.5) is 4.79 Å². The average Bonchev–Trinajstić information content (AvgIpc) is 3.33. The lowest BCUT2D eigenvalue weighted by Crippen LogP contribution is -2.42. The molecular formula is C18H25N5O2. The predicted octanol–water partition coefficient (Wildman–Crippen LogP) is 3.11. The van der Waals surface area contributed by atoms with Crippen molar-refractivity contribution in [1.29, 1.82) is 0 Å². The van der Waals surface area contributed by atoms with Gasteiger partial charge in [0.2, 0.25) is 0 Å². The Morgan fingerprint density at radius 2 is 2.12 bits per heavy atom. The SMILES string of the molecule is Cc1nn(C2CCCC2)c2cc(C3CC(C)ON3C(=O)NN)ccc12. The zero-order chi connectivity index (χ0) is 17.6. The molecule has 2 aliphatic rings. The van der Waals surface area contributed by atoms with Gasteiger partial charge in [0.1, 0.15) is 0 Å². The maximum atomic E-state index is 12.0. The highest BCUT2D eigenvalue weighted by molar-refractivity contribution is 5.83. The van der Waals surface area contributed by atoms with Gasteiger partial charge in [0.05, 0.1) is 29.4 Å². The van der Waals surface area contributed by atoms with E-state index in [2.05, 4.69) is 35.2 Å². The molecule has 1 aromatic carbocycles. The Morgan fingerprint density at radius 1 is 1.36 bits per heavy atom. The van der Waals surface area contributed by atoms with E-state index in [0.717, 1.165) is 23.2 Å². The summed E-state index contributed by atoms with van der Waals surface area (Å²) in [5.41, 5.74) is 5.43. The van der Waals surface area contributed by atoms with Crippen molar-refractivity contribution < 1.29 is 9.63 Å². The zero-order valence-electron chi connectivity index (χ0n) is 14.7. The lowest BCUT2D eigenvalue weighted by atomic mass is 10.0. The molecule has 1 saturated heterocycles. The van der Waals surface area contributed by atoms with E-state index in [1.165, 1.54) is 36.1 Å². The van der Waals surface area contributed by atoms with E-state index < -0.39 is 6.03 Å². The summed E-state index contributed by atoms with van der Waals surface area (Å²) in [7, 11) is 0. The molecule has 7 heteroatoms. The third kappa shape index (κ3) is 2.77. The van der Waals surface area contributed by atoms with E-state index in [0.29, 0.717) is 6.04 Å². The molecule has 1 saturated carbocycles. The number of nitrogens with zero attached hydrogens (tertiary/aromatic N) is 3. The van der Waals surface area contributed by atoms with Gasteiger partial charge in [-0.3, -0.25) is 14.9 Å². The van der Waals surface area contributed by atoms with Gasteiger partial charge in [-0.2, -0.15) is 10.2 Å². The molecule has 2 heterocycles. The molecule has 1 aliphatic carbocycles. The van der Waals surface area contributed by atoms with E-state index in [-0.39, 0.29) is 12.1 Å². The van der Waals surface area contributed by atoms with Crippen LogP contribution in [0.2, 0.25) is 0 Å². The van der Waals surface area contributed by atoms with Crippen LogP contribution in [0.5, 0.6) is 0 Å². The normalized spacial score (nSPS) is 24.4. The number of benzene rings is 1. The van der Waals surface area contributed by atoms with Crippen LogP contribution in [0.15, 0.2) is 18.2 Å². The first-order chi connectivity index (χ1) is 12.1. The summed E-state index contributed by atoms with van der Waals surface area (Å²) >= 11 is 0. The van der Waals surface area contributed by atoms with Gasteiger partial charge in [-0.05, 0) is 38.3 Å². The number of carbonyl (C=O) groups is 1. The number of fused-ring (bicyclic) bond motifs is 1. The van der Waals surface area contributed by atoms with Gasteiger partial charge < -0.3 is 0 Å². The molecule has 3 N–H and O–H groups in total. The first-order valence-electron chi connectivity index (χ1n) is 9.04. The van der Waals surface area contributed by atoms with Crippen molar-refractivity contribution >= 4 is 16.9 Å². The van der Waals surface area contributed by atoms with Crippen LogP contribution in [0.1, 0.15) is 62.4 Å². The van der Waals surface area contributed by atoms with Gasteiger partial charge in [0.25, 0.3) is 0 Å². The molecule has 134 valence electrons. The van der Waals surface area contributed by atoms with Crippen molar-refractivity contribution in [2.45, 2.75) is 64.1 Å². The van der Waals surface area contributed by atoms with Crippen LogP contribution in [0.3, 0.4) is 0 Å². The largest absolute Gasteiger partial charge is 0.356 e. The fraction of sp³-hybridized carbons (Fsp3) is 0.556. The molecule has 2 unspecified atom stereocenters. The quantitative estimate of drug-likeness (QED) is 0.498. The first kappa shape index (κ1) is 16.4. The average molecular weight is 343 g/mol. The molecule has 1 aromatic heterocycles. The molecule has 25 heavy (non-hydrogen) atoms. The minimum absolute atomic E-state index is 0.0283. The number of carbonyl (C=O) groups excluding carboxylic acids is 1. The van der Waals surface area contributed by atoms with Crippen molar-refractivity contribution in [2.24, 2.45) is 5.84 Å². The van der Waals surface area contributed by atoms with Gasteiger partial charge in [-0.15, -0.1) is 0 Å². The molecule has 2 fully saturated rings. The molecule has 4 rings (SSSR count). The number of aryl methyl sites for hydroxylation is 1. The summed E-state index contributed by atoms with van der Waals surface area (Å²) in [6.07, 6.45) is 5.62. The predicted molar refractivity (Wildman–Crippen MR) is 94.4 cm³/mol. The summed E-state index contributed by atoms with van der Waals surface area (Å²) in [4.78, 5) is 17.7. The minimum Gasteiger partial charge on any atom is -0.274 e. The topological polar surface area (TPSA) is 85.4 Å². The second-order valence-electron chi connectivity index (χ2n) is 7.19. The number of hydrogen-bond acceptors (Lipinski definition) is 4. The van der Waals surface area contributed by atoms with Crippen LogP contribution in [0.25, 0.3) is 10.9 Å². The summed E-state index contributed by atoms with van der Waals surface area (Å²) in [5.74, 6) is 5.30. The van der Waals surface area contributed by atoms with E-state index >= 15 is 0 Å².